The lowest BCUT2D eigenvalue weighted by Crippen LogP contribution is -2.28. The standard InChI is InChI=1S/C13H16N4O2/c1-9-11(12(14)17-16-9)13(18)15-7-8-19-10-5-3-2-4-6-10/h2-6H,7-8H2,1H3,(H,15,18)(H3,14,16,17). The van der Waals surface area contributed by atoms with Gasteiger partial charge in [0, 0.05) is 5.69 Å². The van der Waals surface area contributed by atoms with Crippen molar-refractivity contribution in [2.24, 2.45) is 0 Å². The molecule has 4 N–H and O–H groups in total. The van der Waals surface area contributed by atoms with Crippen LogP contribution in [0.3, 0.4) is 0 Å². The molecule has 0 fully saturated rings. The maximum absolute atomic E-state index is 11.9. The Kier molecular flexibility index (Phi) is 4.02. The summed E-state index contributed by atoms with van der Waals surface area (Å²) in [5.41, 5.74) is 6.64. The number of ether oxygens (including phenoxy) is 1. The number of nitrogens with two attached hydrogens (primary N) is 1. The van der Waals surface area contributed by atoms with Crippen LogP contribution in [0.5, 0.6) is 5.75 Å². The van der Waals surface area contributed by atoms with E-state index < -0.39 is 0 Å². The highest BCUT2D eigenvalue weighted by molar-refractivity contribution is 5.99. The van der Waals surface area contributed by atoms with Gasteiger partial charge in [-0.25, -0.2) is 0 Å². The van der Waals surface area contributed by atoms with E-state index in [2.05, 4.69) is 15.5 Å². The fourth-order valence-corrected chi connectivity index (χ4v) is 1.67. The second-order valence-electron chi connectivity index (χ2n) is 4.03. The molecule has 1 heterocycles. The number of H-pyrrole nitrogens is 1. The molecule has 0 bridgehead atoms. The van der Waals surface area contributed by atoms with E-state index in [4.69, 9.17) is 10.5 Å². The fraction of sp³-hybridized carbons (Fsp3) is 0.231. The third kappa shape index (κ3) is 3.25. The largest absolute Gasteiger partial charge is 0.492 e. The number of amides is 1. The lowest BCUT2D eigenvalue weighted by molar-refractivity contribution is 0.0947. The third-order valence-corrected chi connectivity index (χ3v) is 2.60. The number of rotatable bonds is 5. The Morgan fingerprint density at radius 3 is 2.79 bits per heavy atom. The summed E-state index contributed by atoms with van der Waals surface area (Å²) >= 11 is 0. The van der Waals surface area contributed by atoms with Gasteiger partial charge in [-0.2, -0.15) is 5.10 Å². The molecular weight excluding hydrogens is 244 g/mol. The highest BCUT2D eigenvalue weighted by Gasteiger charge is 2.15. The van der Waals surface area contributed by atoms with Crippen LogP contribution >= 0.6 is 0 Å². The van der Waals surface area contributed by atoms with Gasteiger partial charge in [-0.1, -0.05) is 18.2 Å². The number of benzene rings is 1. The SMILES string of the molecule is Cc1[nH]nc(N)c1C(=O)NCCOc1ccccc1. The zero-order valence-electron chi connectivity index (χ0n) is 10.6. The molecule has 19 heavy (non-hydrogen) atoms. The van der Waals surface area contributed by atoms with Crippen LogP contribution in [-0.4, -0.2) is 29.3 Å². The highest BCUT2D eigenvalue weighted by atomic mass is 16.5. The van der Waals surface area contributed by atoms with Crippen LogP contribution in [0.15, 0.2) is 30.3 Å². The molecule has 0 atom stereocenters. The van der Waals surface area contributed by atoms with Gasteiger partial charge in [0.05, 0.1) is 6.54 Å². The van der Waals surface area contributed by atoms with Gasteiger partial charge >= 0.3 is 0 Å². The van der Waals surface area contributed by atoms with E-state index in [1.165, 1.54) is 0 Å². The number of nitrogen functional groups attached to an aromatic ring is 1. The number of aryl methyl sites for hydroxylation is 1. The molecule has 100 valence electrons. The van der Waals surface area contributed by atoms with Crippen LogP contribution in [0.4, 0.5) is 5.82 Å². The van der Waals surface area contributed by atoms with Crippen LogP contribution < -0.4 is 15.8 Å². The highest BCUT2D eigenvalue weighted by Crippen LogP contribution is 2.11. The predicted molar refractivity (Wildman–Crippen MR) is 72.0 cm³/mol. The van der Waals surface area contributed by atoms with Gasteiger partial charge in [0.25, 0.3) is 5.91 Å². The van der Waals surface area contributed by atoms with Gasteiger partial charge in [0.1, 0.15) is 17.9 Å². The van der Waals surface area contributed by atoms with E-state index in [1.807, 2.05) is 30.3 Å². The Bertz CT molecular complexity index is 532. The molecule has 0 radical (unpaired) electrons. The molecule has 1 aromatic carbocycles. The average Bonchev–Trinajstić information content (AvgIpc) is 2.75. The summed E-state index contributed by atoms with van der Waals surface area (Å²) in [6, 6.07) is 9.42. The Labute approximate surface area is 111 Å². The Hall–Kier alpha value is -2.50. The summed E-state index contributed by atoms with van der Waals surface area (Å²) < 4.78 is 5.46. The molecule has 0 aliphatic rings. The van der Waals surface area contributed by atoms with Crippen molar-refractivity contribution in [2.45, 2.75) is 6.92 Å². The second-order valence-corrected chi connectivity index (χ2v) is 4.03. The fourth-order valence-electron chi connectivity index (χ4n) is 1.67. The molecule has 2 rings (SSSR count). The van der Waals surface area contributed by atoms with E-state index in [0.29, 0.717) is 24.4 Å². The quantitative estimate of drug-likeness (QED) is 0.702. The topological polar surface area (TPSA) is 93.0 Å². The molecule has 2 aromatic rings. The van der Waals surface area contributed by atoms with E-state index >= 15 is 0 Å². The smallest absolute Gasteiger partial charge is 0.257 e. The maximum atomic E-state index is 11.9. The molecule has 0 aliphatic carbocycles. The van der Waals surface area contributed by atoms with E-state index in [0.717, 1.165) is 5.75 Å². The van der Waals surface area contributed by atoms with Crippen LogP contribution in [0.1, 0.15) is 16.1 Å². The lowest BCUT2D eigenvalue weighted by atomic mass is 10.2. The molecule has 0 saturated heterocycles. The van der Waals surface area contributed by atoms with Crippen LogP contribution in [0.2, 0.25) is 0 Å². The molecule has 6 nitrogen and oxygen atoms in total. The Balaban J connectivity index is 1.79. The summed E-state index contributed by atoms with van der Waals surface area (Å²) in [6.07, 6.45) is 0. The number of nitrogens with one attached hydrogen (secondary N) is 2. The second kappa shape index (κ2) is 5.90. The van der Waals surface area contributed by atoms with Gasteiger partial charge in [-0.15, -0.1) is 0 Å². The van der Waals surface area contributed by atoms with Gasteiger partial charge in [-0.05, 0) is 19.1 Å². The number of hydrogen-bond acceptors (Lipinski definition) is 4. The van der Waals surface area contributed by atoms with Crippen molar-refractivity contribution in [2.75, 3.05) is 18.9 Å². The Morgan fingerprint density at radius 2 is 2.16 bits per heavy atom. The summed E-state index contributed by atoms with van der Waals surface area (Å²) in [5, 5.41) is 9.17. The number of para-hydroxylation sites is 1. The molecule has 1 amide bonds. The van der Waals surface area contributed by atoms with Crippen LogP contribution in [0, 0.1) is 6.92 Å². The van der Waals surface area contributed by atoms with Crippen molar-refractivity contribution in [3.05, 3.63) is 41.6 Å². The minimum atomic E-state index is -0.250. The number of hydrogen-bond donors (Lipinski definition) is 3. The third-order valence-electron chi connectivity index (χ3n) is 2.60. The zero-order valence-corrected chi connectivity index (χ0v) is 10.6. The van der Waals surface area contributed by atoms with Crippen molar-refractivity contribution in [1.29, 1.82) is 0 Å². The molecule has 0 saturated carbocycles. The number of aromatic nitrogens is 2. The number of anilines is 1. The van der Waals surface area contributed by atoms with Gasteiger partial charge in [-0.3, -0.25) is 9.89 Å². The molecule has 0 unspecified atom stereocenters. The molecule has 1 aromatic heterocycles. The maximum Gasteiger partial charge on any atom is 0.257 e. The first-order chi connectivity index (χ1) is 9.18. The number of carbonyl (C=O) groups excluding carboxylic acids is 1. The van der Waals surface area contributed by atoms with Crippen molar-refractivity contribution in [3.63, 3.8) is 0 Å². The first-order valence-corrected chi connectivity index (χ1v) is 5.95. The number of nitrogens with zero attached hydrogens (tertiary/aromatic N) is 1. The van der Waals surface area contributed by atoms with Crippen LogP contribution in [0.25, 0.3) is 0 Å². The van der Waals surface area contributed by atoms with E-state index in [1.54, 1.807) is 6.92 Å². The summed E-state index contributed by atoms with van der Waals surface area (Å²) in [7, 11) is 0. The summed E-state index contributed by atoms with van der Waals surface area (Å²) in [4.78, 5) is 11.9. The number of carbonyl (C=O) groups is 1. The predicted octanol–water partition coefficient (Wildman–Crippen LogP) is 1.11. The molecule has 6 heteroatoms. The Morgan fingerprint density at radius 1 is 1.42 bits per heavy atom. The van der Waals surface area contributed by atoms with E-state index in [-0.39, 0.29) is 11.7 Å². The van der Waals surface area contributed by atoms with Crippen molar-refractivity contribution in [3.8, 4) is 5.75 Å². The van der Waals surface area contributed by atoms with Gasteiger partial charge in [0.2, 0.25) is 0 Å². The minimum Gasteiger partial charge on any atom is -0.492 e. The van der Waals surface area contributed by atoms with Crippen molar-refractivity contribution < 1.29 is 9.53 Å². The van der Waals surface area contributed by atoms with Crippen LogP contribution in [-0.2, 0) is 0 Å². The van der Waals surface area contributed by atoms with Gasteiger partial charge < -0.3 is 15.8 Å². The lowest BCUT2D eigenvalue weighted by Gasteiger charge is -2.07. The summed E-state index contributed by atoms with van der Waals surface area (Å²) in [6.45, 7) is 2.54. The number of aromatic amines is 1. The molecule has 0 spiro atoms. The summed E-state index contributed by atoms with van der Waals surface area (Å²) in [5.74, 6) is 0.732. The van der Waals surface area contributed by atoms with Crippen molar-refractivity contribution >= 4 is 11.7 Å². The monoisotopic (exact) mass is 260 g/mol. The van der Waals surface area contributed by atoms with Crippen molar-refractivity contribution in [1.82, 2.24) is 15.5 Å². The average molecular weight is 260 g/mol. The van der Waals surface area contributed by atoms with E-state index in [9.17, 15) is 4.79 Å². The zero-order chi connectivity index (χ0) is 13.7. The van der Waals surface area contributed by atoms with Gasteiger partial charge in [0.15, 0.2) is 5.82 Å². The normalized spacial score (nSPS) is 10.2. The molecule has 0 aliphatic heterocycles. The minimum absolute atomic E-state index is 0.207. The molecular formula is C13H16N4O2. The first kappa shape index (κ1) is 12.9. The first-order valence-electron chi connectivity index (χ1n) is 5.95.